The van der Waals surface area contributed by atoms with E-state index in [2.05, 4.69) is 10.3 Å². The van der Waals surface area contributed by atoms with Gasteiger partial charge in [-0.25, -0.2) is 4.98 Å². The molecule has 2 heterocycles. The number of amides is 1. The van der Waals surface area contributed by atoms with Crippen LogP contribution in [0.25, 0.3) is 0 Å². The van der Waals surface area contributed by atoms with Crippen LogP contribution in [0.15, 0.2) is 36.7 Å². The van der Waals surface area contributed by atoms with Crippen LogP contribution in [0, 0.1) is 0 Å². The number of ether oxygens (including phenoxy) is 1. The molecule has 1 aromatic carbocycles. The average molecular weight is 379 g/mol. The number of carbonyl (C=O) groups is 1. The quantitative estimate of drug-likeness (QED) is 0.838. The van der Waals surface area contributed by atoms with Crippen LogP contribution in [0.4, 0.5) is 0 Å². The van der Waals surface area contributed by atoms with Crippen LogP contribution in [0.1, 0.15) is 30.8 Å². The lowest BCUT2D eigenvalue weighted by Crippen LogP contribution is -2.49. The van der Waals surface area contributed by atoms with Crippen molar-refractivity contribution >= 4 is 18.3 Å². The van der Waals surface area contributed by atoms with E-state index in [0.717, 1.165) is 43.2 Å². The van der Waals surface area contributed by atoms with E-state index in [0.29, 0.717) is 13.0 Å². The first kappa shape index (κ1) is 20.3. The molecule has 6 nitrogen and oxygen atoms in total. The molecule has 0 spiro atoms. The van der Waals surface area contributed by atoms with E-state index in [4.69, 9.17) is 4.74 Å². The number of carbonyl (C=O) groups excluding carboxylic acids is 1. The van der Waals surface area contributed by atoms with Crippen molar-refractivity contribution in [3.8, 4) is 5.75 Å². The second-order valence-electron chi connectivity index (χ2n) is 6.28. The van der Waals surface area contributed by atoms with Crippen LogP contribution in [0.3, 0.4) is 0 Å². The number of imidazole rings is 1. The van der Waals surface area contributed by atoms with E-state index in [-0.39, 0.29) is 24.4 Å². The van der Waals surface area contributed by atoms with E-state index >= 15 is 0 Å². The molecule has 1 fully saturated rings. The average Bonchev–Trinajstić information content (AvgIpc) is 3.07. The molecular formula is C19H27ClN4O2. The smallest absolute Gasteiger partial charge is 0.223 e. The highest BCUT2D eigenvalue weighted by molar-refractivity contribution is 5.85. The van der Waals surface area contributed by atoms with Crippen LogP contribution in [0.5, 0.6) is 5.75 Å². The molecular weight excluding hydrogens is 352 g/mol. The summed E-state index contributed by atoms with van der Waals surface area (Å²) >= 11 is 0. The summed E-state index contributed by atoms with van der Waals surface area (Å²) in [5, 5.41) is 3.37. The monoisotopic (exact) mass is 378 g/mol. The van der Waals surface area contributed by atoms with E-state index in [1.54, 1.807) is 6.20 Å². The number of hydrogen-bond donors (Lipinski definition) is 1. The minimum absolute atomic E-state index is 0. The van der Waals surface area contributed by atoms with Crippen LogP contribution in [-0.4, -0.2) is 46.6 Å². The van der Waals surface area contributed by atoms with Crippen molar-refractivity contribution in [3.05, 3.63) is 48.0 Å². The second-order valence-corrected chi connectivity index (χ2v) is 6.28. The lowest BCUT2D eigenvalue weighted by Gasteiger charge is -2.35. The zero-order valence-electron chi connectivity index (χ0n) is 15.4. The molecule has 1 aromatic heterocycles. The Kier molecular flexibility index (Phi) is 7.48. The fourth-order valence-electron chi connectivity index (χ4n) is 3.25. The molecule has 0 bridgehead atoms. The predicted octanol–water partition coefficient (Wildman–Crippen LogP) is 2.35. The molecule has 1 aliphatic heterocycles. The highest BCUT2D eigenvalue weighted by Gasteiger charge is 2.29. The topological polar surface area (TPSA) is 59.4 Å². The van der Waals surface area contributed by atoms with Crippen molar-refractivity contribution in [2.75, 3.05) is 26.2 Å². The minimum Gasteiger partial charge on any atom is -0.494 e. The van der Waals surface area contributed by atoms with Crippen molar-refractivity contribution < 1.29 is 9.53 Å². The van der Waals surface area contributed by atoms with Gasteiger partial charge in [0.25, 0.3) is 0 Å². The van der Waals surface area contributed by atoms with E-state index in [1.807, 2.05) is 53.9 Å². The number of nitrogens with one attached hydrogen (secondary N) is 1. The zero-order chi connectivity index (χ0) is 17.6. The van der Waals surface area contributed by atoms with Crippen molar-refractivity contribution in [2.45, 2.75) is 25.8 Å². The molecule has 26 heavy (non-hydrogen) atoms. The molecule has 1 unspecified atom stereocenters. The normalized spacial score (nSPS) is 16.8. The number of rotatable bonds is 6. The second kappa shape index (κ2) is 9.59. The van der Waals surface area contributed by atoms with Crippen LogP contribution in [-0.2, 0) is 18.3 Å². The van der Waals surface area contributed by atoms with Crippen molar-refractivity contribution in [1.29, 1.82) is 0 Å². The molecule has 1 amide bonds. The fourth-order valence-corrected chi connectivity index (χ4v) is 3.25. The Hall–Kier alpha value is -2.05. The Balaban J connectivity index is 0.00000243. The van der Waals surface area contributed by atoms with Gasteiger partial charge in [0.1, 0.15) is 17.6 Å². The summed E-state index contributed by atoms with van der Waals surface area (Å²) in [6.07, 6.45) is 4.95. The third-order valence-electron chi connectivity index (χ3n) is 4.58. The van der Waals surface area contributed by atoms with Gasteiger partial charge >= 0.3 is 0 Å². The number of nitrogens with zero attached hydrogens (tertiary/aromatic N) is 3. The van der Waals surface area contributed by atoms with Gasteiger partial charge in [0, 0.05) is 45.5 Å². The molecule has 0 aliphatic carbocycles. The maximum absolute atomic E-state index is 12.8. The number of aromatic nitrogens is 2. The van der Waals surface area contributed by atoms with Gasteiger partial charge in [-0.15, -0.1) is 12.4 Å². The SMILES string of the molecule is CCOc1ccc(CCC(=O)N2CCNCC2c2nccn2C)cc1.Cl. The van der Waals surface area contributed by atoms with Crippen molar-refractivity contribution in [2.24, 2.45) is 7.05 Å². The number of benzene rings is 1. The summed E-state index contributed by atoms with van der Waals surface area (Å²) in [5.41, 5.74) is 1.15. The lowest BCUT2D eigenvalue weighted by atomic mass is 10.1. The predicted molar refractivity (Wildman–Crippen MR) is 104 cm³/mol. The third kappa shape index (κ3) is 4.77. The van der Waals surface area contributed by atoms with E-state index < -0.39 is 0 Å². The highest BCUT2D eigenvalue weighted by atomic mass is 35.5. The number of aryl methyl sites for hydroxylation is 2. The zero-order valence-corrected chi connectivity index (χ0v) is 16.2. The minimum atomic E-state index is 0. The molecule has 1 aliphatic rings. The summed E-state index contributed by atoms with van der Waals surface area (Å²) in [7, 11) is 1.97. The molecule has 1 atom stereocenters. The Morgan fingerprint density at radius 1 is 1.35 bits per heavy atom. The van der Waals surface area contributed by atoms with Gasteiger partial charge in [0.2, 0.25) is 5.91 Å². The first-order valence-corrected chi connectivity index (χ1v) is 8.88. The maximum Gasteiger partial charge on any atom is 0.223 e. The van der Waals surface area contributed by atoms with Crippen LogP contribution < -0.4 is 10.1 Å². The number of piperazine rings is 1. The first-order valence-electron chi connectivity index (χ1n) is 8.88. The largest absolute Gasteiger partial charge is 0.494 e. The molecule has 3 rings (SSSR count). The molecule has 1 saturated heterocycles. The number of hydrogen-bond acceptors (Lipinski definition) is 4. The summed E-state index contributed by atoms with van der Waals surface area (Å²) in [6.45, 7) is 4.93. The van der Waals surface area contributed by atoms with Gasteiger partial charge in [-0.3, -0.25) is 4.79 Å². The standard InChI is InChI=1S/C19H26N4O2.ClH/c1-3-25-16-7-4-15(5-8-16)6-9-18(24)23-13-10-20-14-17(23)19-21-11-12-22(19)2;/h4-5,7-8,11-12,17,20H,3,6,9-10,13-14H2,1-2H3;1H. The highest BCUT2D eigenvalue weighted by Crippen LogP contribution is 2.22. The third-order valence-corrected chi connectivity index (χ3v) is 4.58. The van der Waals surface area contributed by atoms with Crippen LogP contribution >= 0.6 is 12.4 Å². The summed E-state index contributed by atoms with van der Waals surface area (Å²) < 4.78 is 7.45. The molecule has 0 saturated carbocycles. The maximum atomic E-state index is 12.8. The van der Waals surface area contributed by atoms with Gasteiger partial charge in [0.15, 0.2) is 0 Å². The number of halogens is 1. The lowest BCUT2D eigenvalue weighted by molar-refractivity contribution is -0.134. The van der Waals surface area contributed by atoms with Crippen molar-refractivity contribution in [3.63, 3.8) is 0 Å². The van der Waals surface area contributed by atoms with Gasteiger partial charge in [-0.2, -0.15) is 0 Å². The Morgan fingerprint density at radius 2 is 2.12 bits per heavy atom. The molecule has 142 valence electrons. The summed E-state index contributed by atoms with van der Waals surface area (Å²) in [4.78, 5) is 19.2. The van der Waals surface area contributed by atoms with Crippen molar-refractivity contribution in [1.82, 2.24) is 19.8 Å². The van der Waals surface area contributed by atoms with E-state index in [9.17, 15) is 4.79 Å². The molecule has 2 aromatic rings. The van der Waals surface area contributed by atoms with Gasteiger partial charge in [-0.1, -0.05) is 12.1 Å². The van der Waals surface area contributed by atoms with Gasteiger partial charge in [-0.05, 0) is 31.0 Å². The summed E-state index contributed by atoms with van der Waals surface area (Å²) in [6, 6.07) is 8.00. The summed E-state index contributed by atoms with van der Waals surface area (Å²) in [5.74, 6) is 1.99. The molecule has 1 N–H and O–H groups in total. The van der Waals surface area contributed by atoms with E-state index in [1.165, 1.54) is 0 Å². The van der Waals surface area contributed by atoms with Gasteiger partial charge in [0.05, 0.1) is 6.61 Å². The fraction of sp³-hybridized carbons (Fsp3) is 0.474. The molecule has 7 heteroatoms. The first-order chi connectivity index (χ1) is 12.2. The Morgan fingerprint density at radius 3 is 2.77 bits per heavy atom. The van der Waals surface area contributed by atoms with Crippen LogP contribution in [0.2, 0.25) is 0 Å². The molecule has 0 radical (unpaired) electrons. The van der Waals surface area contributed by atoms with Gasteiger partial charge < -0.3 is 19.5 Å². The Bertz CT molecular complexity index is 702. The Labute approximate surface area is 161 Å².